The summed E-state index contributed by atoms with van der Waals surface area (Å²) in [6.45, 7) is 6.80. The van der Waals surface area contributed by atoms with Crippen LogP contribution in [0, 0.1) is 5.41 Å². The van der Waals surface area contributed by atoms with Gasteiger partial charge in [-0.05, 0) is 42.0 Å². The Morgan fingerprint density at radius 3 is 2.53 bits per heavy atom. The number of hydrogen-bond acceptors (Lipinski definition) is 1. The molecule has 0 aliphatic rings. The summed E-state index contributed by atoms with van der Waals surface area (Å²) in [4.78, 5) is 0.543. The number of methoxy groups -OCH3 is 1. The van der Waals surface area contributed by atoms with Crippen molar-refractivity contribution in [1.29, 1.82) is 0 Å². The third-order valence-corrected chi connectivity index (χ3v) is 3.85. The molecule has 0 fully saturated rings. The van der Waals surface area contributed by atoms with Gasteiger partial charge in [0.25, 0.3) is 0 Å². The summed E-state index contributed by atoms with van der Waals surface area (Å²) >= 11 is 7.25. The molecular formula is C14H20Br2O. The van der Waals surface area contributed by atoms with Gasteiger partial charge in [0.2, 0.25) is 0 Å². The highest BCUT2D eigenvalue weighted by molar-refractivity contribution is 9.10. The van der Waals surface area contributed by atoms with E-state index in [0.29, 0.717) is 4.83 Å². The predicted octanol–water partition coefficient (Wildman–Crippen LogP) is 5.20. The van der Waals surface area contributed by atoms with Crippen molar-refractivity contribution in [1.82, 2.24) is 0 Å². The zero-order valence-electron chi connectivity index (χ0n) is 10.9. The summed E-state index contributed by atoms with van der Waals surface area (Å²) in [6.07, 6.45) is 2.19. The van der Waals surface area contributed by atoms with E-state index in [0.717, 1.165) is 23.1 Å². The highest BCUT2D eigenvalue weighted by Crippen LogP contribution is 2.33. The Hall–Kier alpha value is -0.0200. The van der Waals surface area contributed by atoms with Crippen LogP contribution in [0.4, 0.5) is 0 Å². The Kier molecular flexibility index (Phi) is 5.52. The van der Waals surface area contributed by atoms with Gasteiger partial charge >= 0.3 is 0 Å². The van der Waals surface area contributed by atoms with E-state index in [9.17, 15) is 0 Å². The van der Waals surface area contributed by atoms with Gasteiger partial charge in [0.15, 0.2) is 0 Å². The van der Waals surface area contributed by atoms with Gasteiger partial charge in [-0.15, -0.1) is 0 Å². The monoisotopic (exact) mass is 362 g/mol. The number of benzene rings is 1. The Morgan fingerprint density at radius 1 is 1.35 bits per heavy atom. The van der Waals surface area contributed by atoms with E-state index in [-0.39, 0.29) is 5.41 Å². The lowest BCUT2D eigenvalue weighted by molar-refractivity contribution is 0.333. The van der Waals surface area contributed by atoms with Crippen LogP contribution in [0.2, 0.25) is 0 Å². The van der Waals surface area contributed by atoms with Crippen LogP contribution in [0.15, 0.2) is 22.7 Å². The van der Waals surface area contributed by atoms with Crippen LogP contribution in [-0.2, 0) is 6.42 Å². The second-order valence-electron chi connectivity index (χ2n) is 5.28. The van der Waals surface area contributed by atoms with Gasteiger partial charge in [-0.2, -0.15) is 0 Å². The second kappa shape index (κ2) is 6.24. The molecule has 1 atom stereocenters. The average Bonchev–Trinajstić information content (AvgIpc) is 2.19. The van der Waals surface area contributed by atoms with Gasteiger partial charge in [-0.25, -0.2) is 0 Å². The van der Waals surface area contributed by atoms with Crippen molar-refractivity contribution in [2.45, 2.75) is 38.4 Å². The first-order valence-corrected chi connectivity index (χ1v) is 7.51. The smallest absolute Gasteiger partial charge is 0.119 e. The summed E-state index contributed by atoms with van der Waals surface area (Å²) in [6, 6.07) is 6.15. The maximum atomic E-state index is 5.28. The van der Waals surface area contributed by atoms with Gasteiger partial charge in [0.1, 0.15) is 5.75 Å². The molecule has 1 nitrogen and oxygen atoms in total. The largest absolute Gasteiger partial charge is 0.497 e. The topological polar surface area (TPSA) is 9.23 Å². The first-order valence-electron chi connectivity index (χ1n) is 5.80. The van der Waals surface area contributed by atoms with Crippen molar-refractivity contribution in [3.8, 4) is 5.75 Å². The minimum Gasteiger partial charge on any atom is -0.497 e. The van der Waals surface area contributed by atoms with Crippen LogP contribution in [-0.4, -0.2) is 11.9 Å². The van der Waals surface area contributed by atoms with Crippen LogP contribution in [0.1, 0.15) is 32.8 Å². The Balaban J connectivity index is 2.86. The molecule has 1 rings (SSSR count). The molecule has 0 N–H and O–H groups in total. The molecule has 0 aromatic heterocycles. The van der Waals surface area contributed by atoms with Crippen molar-refractivity contribution in [2.75, 3.05) is 7.11 Å². The third-order valence-electron chi connectivity index (χ3n) is 2.76. The number of halogens is 2. The fraction of sp³-hybridized carbons (Fsp3) is 0.571. The van der Waals surface area contributed by atoms with Crippen molar-refractivity contribution in [2.24, 2.45) is 5.41 Å². The summed E-state index contributed by atoms with van der Waals surface area (Å²) in [7, 11) is 1.71. The van der Waals surface area contributed by atoms with Crippen molar-refractivity contribution in [3.63, 3.8) is 0 Å². The molecule has 3 heteroatoms. The standard InChI is InChI=1S/C14H20Br2O/c1-10(15)8-14(2,3)9-11-7-12(17-4)5-6-13(11)16/h5-7,10H,8-9H2,1-4H3. The number of ether oxygens (including phenoxy) is 1. The lowest BCUT2D eigenvalue weighted by atomic mass is 9.82. The average molecular weight is 364 g/mol. The fourth-order valence-electron chi connectivity index (χ4n) is 2.16. The van der Waals surface area contributed by atoms with E-state index < -0.39 is 0 Å². The van der Waals surface area contributed by atoms with Gasteiger partial charge in [-0.3, -0.25) is 0 Å². The first-order chi connectivity index (χ1) is 7.84. The maximum absolute atomic E-state index is 5.28. The van der Waals surface area contributed by atoms with Crippen molar-refractivity contribution in [3.05, 3.63) is 28.2 Å². The number of hydrogen-bond donors (Lipinski definition) is 0. The van der Waals surface area contributed by atoms with Crippen LogP contribution in [0.5, 0.6) is 5.75 Å². The van der Waals surface area contributed by atoms with E-state index in [1.807, 2.05) is 6.07 Å². The zero-order chi connectivity index (χ0) is 13.1. The molecule has 0 aliphatic carbocycles. The van der Waals surface area contributed by atoms with Crippen LogP contribution < -0.4 is 4.74 Å². The molecule has 1 aromatic rings. The molecule has 1 unspecified atom stereocenters. The first kappa shape index (κ1) is 15.0. The Bertz CT molecular complexity index is 372. The van der Waals surface area contributed by atoms with Crippen LogP contribution >= 0.6 is 31.9 Å². The zero-order valence-corrected chi connectivity index (χ0v) is 14.1. The molecule has 0 amide bonds. The van der Waals surface area contributed by atoms with E-state index >= 15 is 0 Å². The minimum absolute atomic E-state index is 0.276. The van der Waals surface area contributed by atoms with Crippen molar-refractivity contribution >= 4 is 31.9 Å². The van der Waals surface area contributed by atoms with Crippen molar-refractivity contribution < 1.29 is 4.74 Å². The number of alkyl halides is 1. The predicted molar refractivity (Wildman–Crippen MR) is 81.2 cm³/mol. The molecule has 0 aliphatic heterocycles. The molecule has 0 heterocycles. The fourth-order valence-corrected chi connectivity index (χ4v) is 3.43. The van der Waals surface area contributed by atoms with Crippen LogP contribution in [0.25, 0.3) is 0 Å². The molecule has 0 saturated carbocycles. The summed E-state index contributed by atoms with van der Waals surface area (Å²) in [5.74, 6) is 0.922. The van der Waals surface area contributed by atoms with Crippen LogP contribution in [0.3, 0.4) is 0 Å². The summed E-state index contributed by atoms with van der Waals surface area (Å²) in [5, 5.41) is 0. The number of rotatable bonds is 5. The Morgan fingerprint density at radius 2 is 2.00 bits per heavy atom. The molecule has 17 heavy (non-hydrogen) atoms. The summed E-state index contributed by atoms with van der Waals surface area (Å²) in [5.41, 5.74) is 1.58. The van der Waals surface area contributed by atoms with Gasteiger partial charge in [0, 0.05) is 9.30 Å². The van der Waals surface area contributed by atoms with Gasteiger partial charge in [-0.1, -0.05) is 52.6 Å². The van der Waals surface area contributed by atoms with Gasteiger partial charge in [0.05, 0.1) is 7.11 Å². The highest BCUT2D eigenvalue weighted by atomic mass is 79.9. The molecule has 0 bridgehead atoms. The summed E-state index contributed by atoms with van der Waals surface area (Å²) < 4.78 is 6.44. The van der Waals surface area contributed by atoms with E-state index in [1.54, 1.807) is 7.11 Å². The second-order valence-corrected chi connectivity index (χ2v) is 7.70. The molecular weight excluding hydrogens is 344 g/mol. The lowest BCUT2D eigenvalue weighted by Crippen LogP contribution is -2.19. The Labute approximate surface area is 121 Å². The van der Waals surface area contributed by atoms with E-state index in [2.05, 4.69) is 64.8 Å². The van der Waals surface area contributed by atoms with E-state index in [1.165, 1.54) is 5.56 Å². The molecule has 1 aromatic carbocycles. The SMILES string of the molecule is COc1ccc(Br)c(CC(C)(C)CC(C)Br)c1. The molecule has 96 valence electrons. The lowest BCUT2D eigenvalue weighted by Gasteiger charge is -2.26. The van der Waals surface area contributed by atoms with Gasteiger partial charge < -0.3 is 4.74 Å². The maximum Gasteiger partial charge on any atom is 0.119 e. The third kappa shape index (κ3) is 5.01. The van der Waals surface area contributed by atoms with E-state index in [4.69, 9.17) is 4.74 Å². The quantitative estimate of drug-likeness (QED) is 0.653. The molecule has 0 saturated heterocycles. The normalized spacial score (nSPS) is 13.5. The minimum atomic E-state index is 0.276. The molecule has 0 radical (unpaired) electrons. The molecule has 0 spiro atoms. The highest BCUT2D eigenvalue weighted by Gasteiger charge is 2.22.